The molecule has 1 N–H and O–H groups in total. The van der Waals surface area contributed by atoms with Gasteiger partial charge in [-0.2, -0.15) is 0 Å². The molecule has 0 fully saturated rings. The number of aliphatic carboxylic acids is 1. The molecule has 0 bridgehead atoms. The maximum atomic E-state index is 10.3. The zero-order chi connectivity index (χ0) is 14.9. The molecule has 0 aromatic carbocycles. The van der Waals surface area contributed by atoms with Crippen molar-refractivity contribution < 1.29 is 49.8 Å². The number of carbonyl (C=O) groups is 1. The number of rotatable bonds is 15. The number of hydrogen-bond donors (Lipinski definition) is 1. The molecular weight excluding hydrogens is 405 g/mol. The van der Waals surface area contributed by atoms with Gasteiger partial charge in [0.05, 0.1) is 0 Å². The quantitative estimate of drug-likeness (QED) is 0.247. The van der Waals surface area contributed by atoms with Crippen LogP contribution in [0.3, 0.4) is 0 Å². The first kappa shape index (κ1) is 23.8. The first-order chi connectivity index (χ1) is 9.77. The summed E-state index contributed by atoms with van der Waals surface area (Å²) in [6.45, 7) is 2.26. The van der Waals surface area contributed by atoms with Gasteiger partial charge >= 0.3 is 5.97 Å². The van der Waals surface area contributed by atoms with Crippen molar-refractivity contribution in [1.82, 2.24) is 0 Å². The second-order valence-electron chi connectivity index (χ2n) is 5.73. The minimum Gasteiger partial charge on any atom is -0.481 e. The Hall–Kier alpha value is 0.535. The van der Waals surface area contributed by atoms with E-state index >= 15 is 0 Å². The minimum atomic E-state index is -0.664. The second-order valence-corrected chi connectivity index (χ2v) is 5.73. The minimum absolute atomic E-state index is 0. The van der Waals surface area contributed by atoms with Crippen LogP contribution >= 0.6 is 0 Å². The topological polar surface area (TPSA) is 37.3 Å². The van der Waals surface area contributed by atoms with Gasteiger partial charge in [0.15, 0.2) is 0 Å². The molecule has 0 heterocycles. The predicted molar refractivity (Wildman–Crippen MR) is 87.1 cm³/mol. The van der Waals surface area contributed by atoms with Gasteiger partial charge in [-0.25, -0.2) is 0 Å². The Morgan fingerprint density at radius 1 is 0.762 bits per heavy atom. The van der Waals surface area contributed by atoms with Gasteiger partial charge in [0.1, 0.15) is 0 Å². The Labute approximate surface area is 163 Å². The van der Waals surface area contributed by atoms with E-state index in [-0.39, 0.29) is 39.9 Å². The molecule has 0 aromatic rings. The van der Waals surface area contributed by atoms with Crippen LogP contribution in [-0.2, 0) is 4.79 Å². The largest absolute Gasteiger partial charge is 0.481 e. The standard InChI is InChI=1S/C18H34O2.Gd/c1-2-3-4-5-6-7-8-9-10-11-12-13-14-15-16-17-18(19)20;/h9-10H,2-8,11-17H2,1H3,(H,19,20);/b10-9-;. The maximum absolute atomic E-state index is 10.3. The third-order valence-corrected chi connectivity index (χ3v) is 3.65. The average Bonchev–Trinajstić information content (AvgIpc) is 2.43. The predicted octanol–water partition coefficient (Wildman–Crippen LogP) is 6.11. The first-order valence-electron chi connectivity index (χ1n) is 8.64. The molecule has 0 spiro atoms. The molecule has 0 aromatic heterocycles. The van der Waals surface area contributed by atoms with Crippen LogP contribution in [0.5, 0.6) is 0 Å². The van der Waals surface area contributed by atoms with Crippen LogP contribution in [0, 0.1) is 39.9 Å². The number of unbranched alkanes of at least 4 members (excludes halogenated alkanes) is 11. The van der Waals surface area contributed by atoms with Gasteiger partial charge in [-0.3, -0.25) is 4.79 Å². The Kier molecular flexibility index (Phi) is 23.3. The molecule has 0 unspecified atom stereocenters. The van der Waals surface area contributed by atoms with Crippen molar-refractivity contribution in [2.45, 2.75) is 96.8 Å². The fourth-order valence-electron chi connectivity index (χ4n) is 2.35. The molecule has 0 aliphatic carbocycles. The number of allylic oxidation sites excluding steroid dienone is 2. The van der Waals surface area contributed by atoms with Gasteiger partial charge in [-0.15, -0.1) is 0 Å². The van der Waals surface area contributed by atoms with Gasteiger partial charge < -0.3 is 5.11 Å². The molecule has 0 saturated heterocycles. The summed E-state index contributed by atoms with van der Waals surface area (Å²) >= 11 is 0. The number of carboxylic acids is 1. The van der Waals surface area contributed by atoms with Crippen molar-refractivity contribution in [2.75, 3.05) is 0 Å². The Morgan fingerprint density at radius 2 is 1.19 bits per heavy atom. The molecular formula is C18H34GdO2. The van der Waals surface area contributed by atoms with Crippen LogP contribution in [-0.4, -0.2) is 11.1 Å². The molecule has 0 amide bonds. The van der Waals surface area contributed by atoms with Crippen molar-refractivity contribution in [3.05, 3.63) is 12.2 Å². The van der Waals surface area contributed by atoms with Gasteiger partial charge in [-0.1, -0.05) is 70.4 Å². The SMILES string of the molecule is CCCCCCCC/C=C\CCCCCCCC(=O)O.[Gd]. The Balaban J connectivity index is 0. The summed E-state index contributed by atoms with van der Waals surface area (Å²) in [4.78, 5) is 10.3. The summed E-state index contributed by atoms with van der Waals surface area (Å²) in [5, 5.41) is 8.51. The van der Waals surface area contributed by atoms with Gasteiger partial charge in [0, 0.05) is 46.4 Å². The first-order valence-corrected chi connectivity index (χ1v) is 8.64. The summed E-state index contributed by atoms with van der Waals surface area (Å²) in [6.07, 6.45) is 21.2. The molecule has 0 aliphatic heterocycles. The van der Waals surface area contributed by atoms with Crippen LogP contribution in [0.1, 0.15) is 96.8 Å². The smallest absolute Gasteiger partial charge is 0.303 e. The van der Waals surface area contributed by atoms with Crippen LogP contribution in [0.15, 0.2) is 12.2 Å². The fraction of sp³-hybridized carbons (Fsp3) is 0.833. The summed E-state index contributed by atoms with van der Waals surface area (Å²) in [5.74, 6) is -0.664. The third kappa shape index (κ3) is 22.9. The van der Waals surface area contributed by atoms with E-state index in [4.69, 9.17) is 5.11 Å². The zero-order valence-corrected chi connectivity index (χ0v) is 16.0. The summed E-state index contributed by atoms with van der Waals surface area (Å²) < 4.78 is 0. The fourth-order valence-corrected chi connectivity index (χ4v) is 2.35. The van der Waals surface area contributed by atoms with E-state index in [1.807, 2.05) is 0 Å². The molecule has 0 aliphatic rings. The van der Waals surface area contributed by atoms with Crippen molar-refractivity contribution in [1.29, 1.82) is 0 Å². The van der Waals surface area contributed by atoms with Gasteiger partial charge in [0.25, 0.3) is 0 Å². The van der Waals surface area contributed by atoms with Crippen molar-refractivity contribution in [3.63, 3.8) is 0 Å². The summed E-state index contributed by atoms with van der Waals surface area (Å²) in [5.41, 5.74) is 0. The van der Waals surface area contributed by atoms with E-state index < -0.39 is 5.97 Å². The van der Waals surface area contributed by atoms with Crippen LogP contribution in [0.25, 0.3) is 0 Å². The third-order valence-electron chi connectivity index (χ3n) is 3.65. The normalized spacial score (nSPS) is 10.7. The van der Waals surface area contributed by atoms with Gasteiger partial charge in [0.2, 0.25) is 0 Å². The molecule has 3 heteroatoms. The monoisotopic (exact) mass is 440 g/mol. The molecule has 0 radical (unpaired) electrons. The van der Waals surface area contributed by atoms with Crippen LogP contribution in [0.4, 0.5) is 0 Å². The van der Waals surface area contributed by atoms with E-state index in [1.54, 1.807) is 0 Å². The molecule has 0 rings (SSSR count). The number of hydrogen-bond acceptors (Lipinski definition) is 1. The van der Waals surface area contributed by atoms with Crippen molar-refractivity contribution in [3.8, 4) is 0 Å². The van der Waals surface area contributed by atoms with Crippen LogP contribution < -0.4 is 0 Å². The van der Waals surface area contributed by atoms with E-state index in [0.717, 1.165) is 12.8 Å². The summed E-state index contributed by atoms with van der Waals surface area (Å²) in [6, 6.07) is 0. The van der Waals surface area contributed by atoms with Gasteiger partial charge in [-0.05, 0) is 32.1 Å². The molecule has 126 valence electrons. The van der Waals surface area contributed by atoms with Crippen molar-refractivity contribution in [2.24, 2.45) is 0 Å². The van der Waals surface area contributed by atoms with E-state index in [1.165, 1.54) is 70.6 Å². The second kappa shape index (κ2) is 20.5. The summed E-state index contributed by atoms with van der Waals surface area (Å²) in [7, 11) is 0. The molecule has 0 saturated carbocycles. The molecule has 0 atom stereocenters. The van der Waals surface area contributed by atoms with E-state index in [0.29, 0.717) is 6.42 Å². The Bertz CT molecular complexity index is 239. The number of carboxylic acid groups (broad SMARTS) is 1. The average molecular weight is 440 g/mol. The molecule has 21 heavy (non-hydrogen) atoms. The van der Waals surface area contributed by atoms with Crippen molar-refractivity contribution >= 4 is 5.97 Å². The zero-order valence-electron chi connectivity index (χ0n) is 13.8. The van der Waals surface area contributed by atoms with E-state index in [2.05, 4.69) is 19.1 Å². The van der Waals surface area contributed by atoms with Crippen LogP contribution in [0.2, 0.25) is 0 Å². The molecule has 2 nitrogen and oxygen atoms in total. The van der Waals surface area contributed by atoms with E-state index in [9.17, 15) is 4.79 Å². The Morgan fingerprint density at radius 3 is 1.67 bits per heavy atom. The maximum Gasteiger partial charge on any atom is 0.303 e.